The molecule has 1 atom stereocenters. The minimum atomic E-state index is 0.346. The molecular weight excluding hydrogens is 160 g/mol. The second kappa shape index (κ2) is 3.86. The van der Waals surface area contributed by atoms with Gasteiger partial charge in [0, 0.05) is 18.3 Å². The molecule has 0 amide bonds. The van der Waals surface area contributed by atoms with E-state index in [1.54, 1.807) is 0 Å². The van der Waals surface area contributed by atoms with Crippen molar-refractivity contribution in [3.05, 3.63) is 24.3 Å². The zero-order valence-corrected chi connectivity index (χ0v) is 8.91. The molecule has 1 aromatic heterocycles. The molecule has 2 nitrogen and oxygen atoms in total. The van der Waals surface area contributed by atoms with E-state index in [1.807, 2.05) is 18.5 Å². The lowest BCUT2D eigenvalue weighted by Crippen LogP contribution is -2.11. The summed E-state index contributed by atoms with van der Waals surface area (Å²) < 4.78 is 0. The van der Waals surface area contributed by atoms with E-state index >= 15 is 0 Å². The maximum absolute atomic E-state index is 4.25. The van der Waals surface area contributed by atoms with Gasteiger partial charge < -0.3 is 0 Å². The molecule has 1 rings (SSSR count). The van der Waals surface area contributed by atoms with Gasteiger partial charge in [-0.1, -0.05) is 27.7 Å². The molecule has 0 aromatic carbocycles. The van der Waals surface area contributed by atoms with Gasteiger partial charge in [-0.25, -0.2) is 9.97 Å². The summed E-state index contributed by atoms with van der Waals surface area (Å²) in [5.41, 5.74) is 0.346. The third-order valence-corrected chi connectivity index (χ3v) is 1.95. The molecule has 0 radical (unpaired) electrons. The molecule has 0 aliphatic rings. The summed E-state index contributed by atoms with van der Waals surface area (Å²) >= 11 is 0. The molecule has 0 aliphatic heterocycles. The van der Waals surface area contributed by atoms with Gasteiger partial charge in [-0.15, -0.1) is 0 Å². The van der Waals surface area contributed by atoms with Crippen LogP contribution >= 0.6 is 0 Å². The number of hydrogen-bond acceptors (Lipinski definition) is 2. The van der Waals surface area contributed by atoms with E-state index in [1.165, 1.54) is 0 Å². The minimum Gasteiger partial charge on any atom is -0.241 e. The molecule has 72 valence electrons. The standard InChI is InChI=1S/C11H18N2/c1-9(8-11(2,3)4)10-12-6-5-7-13-10/h5-7,9H,8H2,1-4H3. The Balaban J connectivity index is 2.64. The Kier molecular flexibility index (Phi) is 3.02. The molecule has 0 N–H and O–H groups in total. The van der Waals surface area contributed by atoms with Crippen LogP contribution in [0.2, 0.25) is 0 Å². The molecule has 0 aliphatic carbocycles. The summed E-state index contributed by atoms with van der Waals surface area (Å²) in [5, 5.41) is 0. The lowest BCUT2D eigenvalue weighted by atomic mass is 9.85. The maximum atomic E-state index is 4.25. The first-order valence-corrected chi connectivity index (χ1v) is 4.76. The quantitative estimate of drug-likeness (QED) is 0.695. The van der Waals surface area contributed by atoms with Crippen LogP contribution in [0.3, 0.4) is 0 Å². The second-order valence-corrected chi connectivity index (χ2v) is 4.77. The molecule has 2 heteroatoms. The second-order valence-electron chi connectivity index (χ2n) is 4.77. The Morgan fingerprint density at radius 2 is 1.77 bits per heavy atom. The van der Waals surface area contributed by atoms with Gasteiger partial charge in [0.15, 0.2) is 0 Å². The SMILES string of the molecule is CC(CC(C)(C)C)c1ncccn1. The third kappa shape index (κ3) is 3.53. The molecule has 0 spiro atoms. The highest BCUT2D eigenvalue weighted by atomic mass is 14.9. The zero-order chi connectivity index (χ0) is 9.90. The summed E-state index contributed by atoms with van der Waals surface area (Å²) in [4.78, 5) is 8.50. The van der Waals surface area contributed by atoms with Crippen molar-refractivity contribution >= 4 is 0 Å². The number of aromatic nitrogens is 2. The minimum absolute atomic E-state index is 0.346. The van der Waals surface area contributed by atoms with Crippen LogP contribution in [-0.4, -0.2) is 9.97 Å². The Bertz CT molecular complexity index is 249. The van der Waals surface area contributed by atoms with Crippen molar-refractivity contribution in [1.82, 2.24) is 9.97 Å². The fraction of sp³-hybridized carbons (Fsp3) is 0.636. The molecule has 1 aromatic rings. The largest absolute Gasteiger partial charge is 0.241 e. The van der Waals surface area contributed by atoms with Gasteiger partial charge in [-0.05, 0) is 17.9 Å². The predicted octanol–water partition coefficient (Wildman–Crippen LogP) is 3.02. The smallest absolute Gasteiger partial charge is 0.131 e. The number of nitrogens with zero attached hydrogens (tertiary/aromatic N) is 2. The number of hydrogen-bond donors (Lipinski definition) is 0. The van der Waals surface area contributed by atoms with Gasteiger partial charge in [0.2, 0.25) is 0 Å². The van der Waals surface area contributed by atoms with Crippen molar-refractivity contribution < 1.29 is 0 Å². The molecule has 0 fully saturated rings. The van der Waals surface area contributed by atoms with Crippen LogP contribution in [-0.2, 0) is 0 Å². The van der Waals surface area contributed by atoms with Crippen LogP contribution in [0.25, 0.3) is 0 Å². The molecule has 1 heterocycles. The zero-order valence-electron chi connectivity index (χ0n) is 8.91. The van der Waals surface area contributed by atoms with Gasteiger partial charge in [0.1, 0.15) is 5.82 Å². The van der Waals surface area contributed by atoms with Gasteiger partial charge >= 0.3 is 0 Å². The van der Waals surface area contributed by atoms with Crippen LogP contribution in [0.15, 0.2) is 18.5 Å². The van der Waals surface area contributed by atoms with E-state index in [-0.39, 0.29) is 0 Å². The van der Waals surface area contributed by atoms with Crippen LogP contribution in [0.4, 0.5) is 0 Å². The fourth-order valence-electron chi connectivity index (χ4n) is 1.57. The molecule has 0 saturated carbocycles. The Labute approximate surface area is 80.4 Å². The highest BCUT2D eigenvalue weighted by molar-refractivity contribution is 4.96. The fourth-order valence-corrected chi connectivity index (χ4v) is 1.57. The summed E-state index contributed by atoms with van der Waals surface area (Å²) in [6, 6.07) is 1.85. The van der Waals surface area contributed by atoms with Gasteiger partial charge in [-0.3, -0.25) is 0 Å². The number of rotatable bonds is 2. The average Bonchev–Trinajstić information content (AvgIpc) is 2.03. The molecule has 0 bridgehead atoms. The lowest BCUT2D eigenvalue weighted by molar-refractivity contribution is 0.343. The van der Waals surface area contributed by atoms with Crippen LogP contribution in [0, 0.1) is 5.41 Å². The third-order valence-electron chi connectivity index (χ3n) is 1.95. The normalized spacial score (nSPS) is 14.2. The van der Waals surface area contributed by atoms with Crippen molar-refractivity contribution in [3.63, 3.8) is 0 Å². The summed E-state index contributed by atoms with van der Waals surface area (Å²) in [6.45, 7) is 8.91. The summed E-state index contributed by atoms with van der Waals surface area (Å²) in [6.07, 6.45) is 4.74. The van der Waals surface area contributed by atoms with Crippen LogP contribution in [0.1, 0.15) is 45.9 Å². The Hall–Kier alpha value is -0.920. The summed E-state index contributed by atoms with van der Waals surface area (Å²) in [5.74, 6) is 1.40. The van der Waals surface area contributed by atoms with Crippen LogP contribution in [0.5, 0.6) is 0 Å². The molecule has 0 saturated heterocycles. The molecular formula is C11H18N2. The summed E-state index contributed by atoms with van der Waals surface area (Å²) in [7, 11) is 0. The Morgan fingerprint density at radius 3 is 2.23 bits per heavy atom. The average molecular weight is 178 g/mol. The lowest BCUT2D eigenvalue weighted by Gasteiger charge is -2.21. The molecule has 13 heavy (non-hydrogen) atoms. The van der Waals surface area contributed by atoms with E-state index in [2.05, 4.69) is 37.7 Å². The van der Waals surface area contributed by atoms with E-state index in [0.29, 0.717) is 11.3 Å². The van der Waals surface area contributed by atoms with Crippen LogP contribution < -0.4 is 0 Å². The van der Waals surface area contributed by atoms with Gasteiger partial charge in [0.25, 0.3) is 0 Å². The van der Waals surface area contributed by atoms with E-state index < -0.39 is 0 Å². The van der Waals surface area contributed by atoms with Crippen molar-refractivity contribution in [2.45, 2.75) is 40.0 Å². The molecule has 1 unspecified atom stereocenters. The van der Waals surface area contributed by atoms with E-state index in [0.717, 1.165) is 12.2 Å². The van der Waals surface area contributed by atoms with Crippen molar-refractivity contribution in [1.29, 1.82) is 0 Å². The van der Waals surface area contributed by atoms with E-state index in [4.69, 9.17) is 0 Å². The van der Waals surface area contributed by atoms with Gasteiger partial charge in [-0.2, -0.15) is 0 Å². The van der Waals surface area contributed by atoms with Crippen molar-refractivity contribution in [3.8, 4) is 0 Å². The van der Waals surface area contributed by atoms with E-state index in [9.17, 15) is 0 Å². The Morgan fingerprint density at radius 1 is 1.23 bits per heavy atom. The highest BCUT2D eigenvalue weighted by Crippen LogP contribution is 2.28. The van der Waals surface area contributed by atoms with Gasteiger partial charge in [0.05, 0.1) is 0 Å². The highest BCUT2D eigenvalue weighted by Gasteiger charge is 2.17. The van der Waals surface area contributed by atoms with Crippen molar-refractivity contribution in [2.75, 3.05) is 0 Å². The first kappa shape index (κ1) is 10.2. The first-order valence-electron chi connectivity index (χ1n) is 4.76. The maximum Gasteiger partial charge on any atom is 0.131 e. The monoisotopic (exact) mass is 178 g/mol. The predicted molar refractivity (Wildman–Crippen MR) is 54.5 cm³/mol. The topological polar surface area (TPSA) is 25.8 Å². The van der Waals surface area contributed by atoms with Crippen molar-refractivity contribution in [2.24, 2.45) is 5.41 Å². The first-order chi connectivity index (χ1) is 5.99.